The van der Waals surface area contributed by atoms with E-state index in [1.165, 1.54) is 4.90 Å². The Labute approximate surface area is 112 Å². The van der Waals surface area contributed by atoms with Gasteiger partial charge in [0.15, 0.2) is 0 Å². The van der Waals surface area contributed by atoms with Crippen molar-refractivity contribution in [2.45, 2.75) is 13.3 Å². The maximum absolute atomic E-state index is 12.0. The number of hydrogen-bond acceptors (Lipinski definition) is 3. The van der Waals surface area contributed by atoms with Crippen molar-refractivity contribution in [1.29, 1.82) is 5.26 Å². The van der Waals surface area contributed by atoms with Crippen LogP contribution in [0.5, 0.6) is 0 Å². The Morgan fingerprint density at radius 3 is 2.42 bits per heavy atom. The Kier molecular flexibility index (Phi) is 5.55. The molecule has 0 fully saturated rings. The molecule has 1 aromatic rings. The van der Waals surface area contributed by atoms with Crippen LogP contribution in [0.1, 0.15) is 18.1 Å². The predicted molar refractivity (Wildman–Crippen MR) is 71.2 cm³/mol. The van der Waals surface area contributed by atoms with Gasteiger partial charge in [-0.3, -0.25) is 9.59 Å². The predicted octanol–water partition coefficient (Wildman–Crippen LogP) is 0.695. The summed E-state index contributed by atoms with van der Waals surface area (Å²) < 4.78 is 0. The molecule has 1 aromatic carbocycles. The van der Waals surface area contributed by atoms with Crippen molar-refractivity contribution in [3.63, 3.8) is 0 Å². The van der Waals surface area contributed by atoms with Crippen LogP contribution in [0.4, 0.5) is 0 Å². The van der Waals surface area contributed by atoms with Crippen molar-refractivity contribution < 1.29 is 9.59 Å². The average molecular weight is 259 g/mol. The van der Waals surface area contributed by atoms with Gasteiger partial charge in [-0.1, -0.05) is 12.1 Å². The van der Waals surface area contributed by atoms with E-state index in [4.69, 9.17) is 5.26 Å². The van der Waals surface area contributed by atoms with E-state index in [1.54, 1.807) is 31.3 Å². The van der Waals surface area contributed by atoms with Gasteiger partial charge in [0.05, 0.1) is 24.6 Å². The van der Waals surface area contributed by atoms with Crippen LogP contribution < -0.4 is 5.32 Å². The Hall–Kier alpha value is -2.35. The van der Waals surface area contributed by atoms with E-state index in [1.807, 2.05) is 13.0 Å². The van der Waals surface area contributed by atoms with Gasteiger partial charge in [0, 0.05) is 13.6 Å². The molecular weight excluding hydrogens is 242 g/mol. The van der Waals surface area contributed by atoms with Gasteiger partial charge in [-0.2, -0.15) is 5.26 Å². The number of rotatable bonds is 5. The summed E-state index contributed by atoms with van der Waals surface area (Å²) in [7, 11) is 1.54. The summed E-state index contributed by atoms with van der Waals surface area (Å²) in [6.07, 6.45) is 0.233. The van der Waals surface area contributed by atoms with Gasteiger partial charge in [0.25, 0.3) is 0 Å². The molecule has 0 radical (unpaired) electrons. The Morgan fingerprint density at radius 2 is 1.95 bits per heavy atom. The van der Waals surface area contributed by atoms with Crippen molar-refractivity contribution in [2.24, 2.45) is 0 Å². The summed E-state index contributed by atoms with van der Waals surface area (Å²) >= 11 is 0. The Bertz CT molecular complexity index is 488. The fourth-order valence-electron chi connectivity index (χ4n) is 1.61. The van der Waals surface area contributed by atoms with Crippen molar-refractivity contribution in [1.82, 2.24) is 10.2 Å². The van der Waals surface area contributed by atoms with Crippen LogP contribution in [0.3, 0.4) is 0 Å². The quantitative estimate of drug-likeness (QED) is 0.845. The zero-order chi connectivity index (χ0) is 14.3. The zero-order valence-corrected chi connectivity index (χ0v) is 11.1. The van der Waals surface area contributed by atoms with Crippen molar-refractivity contribution in [3.05, 3.63) is 35.4 Å². The molecule has 2 amide bonds. The number of benzene rings is 1. The summed E-state index contributed by atoms with van der Waals surface area (Å²) in [5.41, 5.74) is 1.40. The number of hydrogen-bond donors (Lipinski definition) is 1. The maximum atomic E-state index is 12.0. The molecule has 0 aliphatic rings. The Balaban J connectivity index is 2.66. The smallest absolute Gasteiger partial charge is 0.239 e. The number of nitriles is 1. The number of likely N-dealkylation sites (N-methyl/N-ethyl adjacent to an activating group) is 2. The van der Waals surface area contributed by atoms with Crippen LogP contribution in [0.2, 0.25) is 0 Å². The topological polar surface area (TPSA) is 73.2 Å². The second-order valence-electron chi connectivity index (χ2n) is 4.07. The van der Waals surface area contributed by atoms with Gasteiger partial charge in [-0.15, -0.1) is 0 Å². The second kappa shape index (κ2) is 7.17. The molecular formula is C14H17N3O2. The average Bonchev–Trinajstić information content (AvgIpc) is 2.45. The first-order valence-corrected chi connectivity index (χ1v) is 6.08. The SMILES string of the molecule is CCN(CC(=O)NC)C(=O)Cc1ccc(C#N)cc1. The van der Waals surface area contributed by atoms with Crippen LogP contribution >= 0.6 is 0 Å². The summed E-state index contributed by atoms with van der Waals surface area (Å²) in [6.45, 7) is 2.39. The van der Waals surface area contributed by atoms with Gasteiger partial charge in [0.1, 0.15) is 0 Å². The molecule has 0 saturated heterocycles. The summed E-state index contributed by atoms with van der Waals surface area (Å²) in [4.78, 5) is 24.8. The monoisotopic (exact) mass is 259 g/mol. The highest BCUT2D eigenvalue weighted by Gasteiger charge is 2.15. The molecule has 5 nitrogen and oxygen atoms in total. The molecule has 0 aliphatic heterocycles. The largest absolute Gasteiger partial charge is 0.358 e. The zero-order valence-electron chi connectivity index (χ0n) is 11.1. The van der Waals surface area contributed by atoms with Crippen molar-refractivity contribution >= 4 is 11.8 Å². The minimum absolute atomic E-state index is 0.0715. The molecule has 0 unspecified atom stereocenters. The van der Waals surface area contributed by atoms with E-state index < -0.39 is 0 Å². The summed E-state index contributed by atoms with van der Waals surface area (Å²) in [5.74, 6) is -0.286. The molecule has 0 bridgehead atoms. The minimum atomic E-state index is -0.185. The maximum Gasteiger partial charge on any atom is 0.239 e. The van der Waals surface area contributed by atoms with Gasteiger partial charge >= 0.3 is 0 Å². The van der Waals surface area contributed by atoms with Crippen LogP contribution in [0.15, 0.2) is 24.3 Å². The molecule has 1 N–H and O–H groups in total. The summed E-state index contributed by atoms with van der Waals surface area (Å²) in [6, 6.07) is 8.89. The Morgan fingerprint density at radius 1 is 1.32 bits per heavy atom. The highest BCUT2D eigenvalue weighted by Crippen LogP contribution is 2.06. The first kappa shape index (κ1) is 14.7. The first-order valence-electron chi connectivity index (χ1n) is 6.08. The molecule has 5 heteroatoms. The van der Waals surface area contributed by atoms with E-state index >= 15 is 0 Å². The molecule has 0 saturated carbocycles. The number of carbonyl (C=O) groups is 2. The number of carbonyl (C=O) groups excluding carboxylic acids is 2. The number of amides is 2. The molecule has 1 rings (SSSR count). The summed E-state index contributed by atoms with van der Waals surface area (Å²) in [5, 5.41) is 11.2. The fourth-order valence-corrected chi connectivity index (χ4v) is 1.61. The highest BCUT2D eigenvalue weighted by molar-refractivity contribution is 5.85. The molecule has 19 heavy (non-hydrogen) atoms. The molecule has 100 valence electrons. The first-order chi connectivity index (χ1) is 9.10. The van der Waals surface area contributed by atoms with Crippen LogP contribution in [-0.2, 0) is 16.0 Å². The normalized spacial score (nSPS) is 9.53. The van der Waals surface area contributed by atoms with E-state index in [2.05, 4.69) is 5.32 Å². The highest BCUT2D eigenvalue weighted by atomic mass is 16.2. The lowest BCUT2D eigenvalue weighted by atomic mass is 10.1. The fraction of sp³-hybridized carbons (Fsp3) is 0.357. The third-order valence-corrected chi connectivity index (χ3v) is 2.79. The molecule has 0 atom stereocenters. The van der Waals surface area contributed by atoms with Crippen molar-refractivity contribution in [3.8, 4) is 6.07 Å². The van der Waals surface area contributed by atoms with Crippen LogP contribution in [0, 0.1) is 11.3 Å². The molecule has 0 heterocycles. The minimum Gasteiger partial charge on any atom is -0.358 e. The van der Waals surface area contributed by atoms with Gasteiger partial charge in [-0.25, -0.2) is 0 Å². The lowest BCUT2D eigenvalue weighted by Crippen LogP contribution is -2.40. The van der Waals surface area contributed by atoms with Gasteiger partial charge in [-0.05, 0) is 24.6 Å². The lowest BCUT2D eigenvalue weighted by Gasteiger charge is -2.19. The molecule has 0 aromatic heterocycles. The van der Waals surface area contributed by atoms with Gasteiger partial charge in [0.2, 0.25) is 11.8 Å². The number of nitrogens with one attached hydrogen (secondary N) is 1. The van der Waals surface area contributed by atoms with Crippen molar-refractivity contribution in [2.75, 3.05) is 20.1 Å². The van der Waals surface area contributed by atoms with Crippen LogP contribution in [0.25, 0.3) is 0 Å². The molecule has 0 spiro atoms. The van der Waals surface area contributed by atoms with E-state index in [0.29, 0.717) is 12.1 Å². The van der Waals surface area contributed by atoms with E-state index in [9.17, 15) is 9.59 Å². The third kappa shape index (κ3) is 4.43. The second-order valence-corrected chi connectivity index (χ2v) is 4.07. The van der Waals surface area contributed by atoms with E-state index in [-0.39, 0.29) is 24.8 Å². The van der Waals surface area contributed by atoms with Crippen LogP contribution in [-0.4, -0.2) is 36.9 Å². The van der Waals surface area contributed by atoms with Gasteiger partial charge < -0.3 is 10.2 Å². The molecule has 0 aliphatic carbocycles. The van der Waals surface area contributed by atoms with E-state index in [0.717, 1.165) is 5.56 Å². The standard InChI is InChI=1S/C14H17N3O2/c1-3-17(10-13(18)16-2)14(19)8-11-4-6-12(9-15)7-5-11/h4-7H,3,8,10H2,1-2H3,(H,16,18). The third-order valence-electron chi connectivity index (χ3n) is 2.79. The lowest BCUT2D eigenvalue weighted by molar-refractivity contribution is -0.135. The number of nitrogens with zero attached hydrogens (tertiary/aromatic N) is 2.